The van der Waals surface area contributed by atoms with E-state index in [1.807, 2.05) is 6.20 Å². The van der Waals surface area contributed by atoms with Crippen molar-refractivity contribution in [2.24, 2.45) is 0 Å². The summed E-state index contributed by atoms with van der Waals surface area (Å²) in [5.74, 6) is 0. The lowest BCUT2D eigenvalue weighted by Crippen LogP contribution is -2.26. The number of aryl methyl sites for hydroxylation is 1. The molecule has 5 aromatic rings. The number of aromatic amines is 1. The number of thiophene rings is 1. The number of hydrogen-bond acceptors (Lipinski definition) is 5. The third-order valence-electron chi connectivity index (χ3n) is 5.75. The van der Waals surface area contributed by atoms with Gasteiger partial charge in [0.1, 0.15) is 0 Å². The number of likely N-dealkylation sites (N-methyl/N-ethyl adjacent to an activating group) is 1. The lowest BCUT2D eigenvalue weighted by Gasteiger charge is -2.10. The summed E-state index contributed by atoms with van der Waals surface area (Å²) in [6.45, 7) is 5.01. The summed E-state index contributed by atoms with van der Waals surface area (Å²) < 4.78 is 1.17. The minimum atomic E-state index is 0.890. The molecule has 5 nitrogen and oxygen atoms in total. The number of rotatable bonds is 8. The normalized spacial score (nSPS) is 11.6. The molecule has 168 valence electrons. The van der Waals surface area contributed by atoms with Crippen molar-refractivity contribution in [3.63, 3.8) is 0 Å². The molecule has 0 aliphatic rings. The largest absolute Gasteiger partial charge is 0.359 e. The summed E-state index contributed by atoms with van der Waals surface area (Å²) in [6.07, 6.45) is 1.88. The van der Waals surface area contributed by atoms with E-state index in [0.29, 0.717) is 0 Å². The van der Waals surface area contributed by atoms with Crippen molar-refractivity contribution in [3.8, 4) is 10.4 Å². The number of aromatic nitrogens is 2. The average molecular weight is 456 g/mol. The zero-order chi connectivity index (χ0) is 22.8. The van der Waals surface area contributed by atoms with Crippen LogP contribution in [0.5, 0.6) is 0 Å². The Balaban J connectivity index is 1.34. The Bertz CT molecular complexity index is 1380. The molecular formula is C27H29N5S. The van der Waals surface area contributed by atoms with Gasteiger partial charge in [-0.1, -0.05) is 24.3 Å². The fourth-order valence-corrected chi connectivity index (χ4v) is 5.10. The number of hydrogen-bond donors (Lipinski definition) is 3. The van der Waals surface area contributed by atoms with Crippen molar-refractivity contribution < 1.29 is 0 Å². The molecule has 0 aliphatic heterocycles. The van der Waals surface area contributed by atoms with Gasteiger partial charge in [0.2, 0.25) is 0 Å². The molecule has 5 rings (SSSR count). The van der Waals surface area contributed by atoms with Gasteiger partial charge in [-0.15, -0.1) is 11.3 Å². The Kier molecular flexibility index (Phi) is 6.13. The zero-order valence-corrected chi connectivity index (χ0v) is 20.1. The van der Waals surface area contributed by atoms with E-state index >= 15 is 0 Å². The first-order chi connectivity index (χ1) is 16.0. The summed E-state index contributed by atoms with van der Waals surface area (Å²) in [4.78, 5) is 11.4. The second-order valence-electron chi connectivity index (χ2n) is 8.74. The average Bonchev–Trinajstić information content (AvgIpc) is 3.40. The maximum atomic E-state index is 4.62. The van der Waals surface area contributed by atoms with Crippen LogP contribution in [0.4, 0.5) is 11.4 Å². The van der Waals surface area contributed by atoms with E-state index in [1.165, 1.54) is 31.8 Å². The van der Waals surface area contributed by atoms with Gasteiger partial charge in [-0.2, -0.15) is 0 Å². The number of nitrogens with zero attached hydrogens (tertiary/aromatic N) is 2. The third kappa shape index (κ3) is 4.93. The summed E-state index contributed by atoms with van der Waals surface area (Å²) >= 11 is 1.78. The van der Waals surface area contributed by atoms with Crippen LogP contribution in [0.15, 0.2) is 66.9 Å². The fraction of sp³-hybridized carbons (Fsp3) is 0.222. The second-order valence-corrected chi connectivity index (χ2v) is 9.79. The molecule has 0 saturated heterocycles. The van der Waals surface area contributed by atoms with Crippen molar-refractivity contribution in [2.45, 2.75) is 13.5 Å². The van der Waals surface area contributed by atoms with E-state index in [9.17, 15) is 0 Å². The van der Waals surface area contributed by atoms with Crippen LogP contribution in [0.2, 0.25) is 0 Å². The fourth-order valence-electron chi connectivity index (χ4n) is 4.01. The van der Waals surface area contributed by atoms with E-state index in [-0.39, 0.29) is 0 Å². The molecule has 0 radical (unpaired) electrons. The molecule has 6 heteroatoms. The Morgan fingerprint density at radius 2 is 1.85 bits per heavy atom. The van der Waals surface area contributed by atoms with Crippen LogP contribution in [0, 0.1) is 6.92 Å². The highest BCUT2D eigenvalue weighted by atomic mass is 32.1. The van der Waals surface area contributed by atoms with E-state index in [0.717, 1.165) is 42.0 Å². The smallest absolute Gasteiger partial charge is 0.0837 e. The Morgan fingerprint density at radius 3 is 2.67 bits per heavy atom. The molecule has 0 spiro atoms. The lowest BCUT2D eigenvalue weighted by atomic mass is 10.1. The minimum Gasteiger partial charge on any atom is -0.359 e. The maximum absolute atomic E-state index is 4.62. The van der Waals surface area contributed by atoms with Gasteiger partial charge in [0.15, 0.2) is 0 Å². The molecular weight excluding hydrogens is 426 g/mol. The molecule has 3 heterocycles. The van der Waals surface area contributed by atoms with Gasteiger partial charge in [0.05, 0.1) is 15.9 Å². The summed E-state index contributed by atoms with van der Waals surface area (Å²) in [7, 11) is 4.19. The standard InChI is InChI=1S/C27H29N5S/c1-18-14-21-15-22(8-9-23(21)30-18)31-24-10-11-29-25-16-26(33-27(24)25)20-6-4-19(5-7-20)17-28-12-13-32(2)3/h4-11,14-16,28,30H,12-13,17H2,1-3H3,(H,29,31). The van der Waals surface area contributed by atoms with Gasteiger partial charge in [0, 0.05) is 53.0 Å². The van der Waals surface area contributed by atoms with E-state index in [1.54, 1.807) is 11.3 Å². The highest BCUT2D eigenvalue weighted by Gasteiger charge is 2.10. The molecule has 33 heavy (non-hydrogen) atoms. The Labute approximate surface area is 198 Å². The topological polar surface area (TPSA) is 56.0 Å². The quantitative estimate of drug-likeness (QED) is 0.246. The van der Waals surface area contributed by atoms with Crippen LogP contribution in [0.25, 0.3) is 31.6 Å². The van der Waals surface area contributed by atoms with Crippen LogP contribution < -0.4 is 10.6 Å². The first-order valence-corrected chi connectivity index (χ1v) is 12.1. The van der Waals surface area contributed by atoms with E-state index in [4.69, 9.17) is 0 Å². The van der Waals surface area contributed by atoms with Gasteiger partial charge < -0.3 is 20.5 Å². The summed E-state index contributed by atoms with van der Waals surface area (Å²) in [5.41, 5.74) is 8.05. The van der Waals surface area contributed by atoms with E-state index in [2.05, 4.69) is 107 Å². The second kappa shape index (κ2) is 9.35. The Hall–Kier alpha value is -3.19. The number of fused-ring (bicyclic) bond motifs is 2. The molecule has 0 aliphatic carbocycles. The number of nitrogens with one attached hydrogen (secondary N) is 3. The van der Waals surface area contributed by atoms with Gasteiger partial charge in [-0.3, -0.25) is 4.98 Å². The minimum absolute atomic E-state index is 0.890. The Morgan fingerprint density at radius 1 is 1.00 bits per heavy atom. The number of benzene rings is 2. The van der Waals surface area contributed by atoms with Crippen LogP contribution in [-0.4, -0.2) is 42.1 Å². The molecule has 0 bridgehead atoms. The van der Waals surface area contributed by atoms with Crippen LogP contribution in [0.3, 0.4) is 0 Å². The van der Waals surface area contributed by atoms with Crippen LogP contribution in [0.1, 0.15) is 11.3 Å². The number of anilines is 2. The predicted octanol–water partition coefficient (Wildman–Crippen LogP) is 6.15. The third-order valence-corrected chi connectivity index (χ3v) is 6.96. The SMILES string of the molecule is Cc1cc2cc(Nc3ccnc4cc(-c5ccc(CNCCN(C)C)cc5)sc34)ccc2[nH]1. The van der Waals surface area contributed by atoms with Crippen molar-refractivity contribution >= 4 is 43.8 Å². The van der Waals surface area contributed by atoms with Crippen molar-refractivity contribution in [3.05, 3.63) is 78.1 Å². The predicted molar refractivity (Wildman–Crippen MR) is 142 cm³/mol. The number of H-pyrrole nitrogens is 1. The molecule has 2 aromatic carbocycles. The van der Waals surface area contributed by atoms with Gasteiger partial charge in [0.25, 0.3) is 0 Å². The first-order valence-electron chi connectivity index (χ1n) is 11.2. The summed E-state index contributed by atoms with van der Waals surface area (Å²) in [5, 5.41) is 8.31. The van der Waals surface area contributed by atoms with E-state index < -0.39 is 0 Å². The maximum Gasteiger partial charge on any atom is 0.0837 e. The highest BCUT2D eigenvalue weighted by molar-refractivity contribution is 7.22. The first kappa shape index (κ1) is 21.6. The van der Waals surface area contributed by atoms with Gasteiger partial charge in [-0.25, -0.2) is 0 Å². The highest BCUT2D eigenvalue weighted by Crippen LogP contribution is 2.37. The molecule has 3 N–H and O–H groups in total. The monoisotopic (exact) mass is 455 g/mol. The van der Waals surface area contributed by atoms with Crippen LogP contribution in [-0.2, 0) is 6.54 Å². The zero-order valence-electron chi connectivity index (χ0n) is 19.3. The molecule has 0 saturated carbocycles. The molecule has 0 unspecified atom stereocenters. The lowest BCUT2D eigenvalue weighted by molar-refractivity contribution is 0.400. The molecule has 0 fully saturated rings. The molecule has 0 atom stereocenters. The van der Waals surface area contributed by atoms with Gasteiger partial charge in [-0.05, 0) is 68.5 Å². The van der Waals surface area contributed by atoms with Gasteiger partial charge >= 0.3 is 0 Å². The molecule has 0 amide bonds. The molecule has 3 aromatic heterocycles. The van der Waals surface area contributed by atoms with Crippen LogP contribution >= 0.6 is 11.3 Å². The summed E-state index contributed by atoms with van der Waals surface area (Å²) in [6, 6.07) is 21.7. The van der Waals surface area contributed by atoms with Crippen molar-refractivity contribution in [1.82, 2.24) is 20.2 Å². The van der Waals surface area contributed by atoms with Crippen molar-refractivity contribution in [2.75, 3.05) is 32.5 Å². The van der Waals surface area contributed by atoms with Crippen molar-refractivity contribution in [1.29, 1.82) is 0 Å². The number of pyridine rings is 1.